The number of aromatic nitrogens is 1. The second-order valence-electron chi connectivity index (χ2n) is 1.89. The van der Waals surface area contributed by atoms with Gasteiger partial charge in [-0.1, -0.05) is 0 Å². The van der Waals surface area contributed by atoms with Gasteiger partial charge in [-0.3, -0.25) is 4.99 Å². The third kappa shape index (κ3) is 2.38. The van der Waals surface area contributed by atoms with E-state index in [0.29, 0.717) is 0 Å². The van der Waals surface area contributed by atoms with Crippen LogP contribution in [0.5, 0.6) is 0 Å². The van der Waals surface area contributed by atoms with Crippen molar-refractivity contribution >= 4 is 38.1 Å². The van der Waals surface area contributed by atoms with Gasteiger partial charge in [0.15, 0.2) is 0 Å². The third-order valence-corrected chi connectivity index (χ3v) is 2.20. The van der Waals surface area contributed by atoms with Crippen molar-refractivity contribution in [2.45, 2.75) is 0 Å². The zero-order valence-electron chi connectivity index (χ0n) is 5.88. The SMILES string of the molecule is CN=Cc1nc(Br)ccc1Br. The summed E-state index contributed by atoms with van der Waals surface area (Å²) in [4.78, 5) is 8.05. The molecule has 0 saturated heterocycles. The first-order chi connectivity index (χ1) is 5.24. The largest absolute Gasteiger partial charge is 0.294 e. The first-order valence-corrected chi connectivity index (χ1v) is 4.57. The Kier molecular flexibility index (Phi) is 3.20. The quantitative estimate of drug-likeness (QED) is 0.572. The van der Waals surface area contributed by atoms with E-state index in [1.165, 1.54) is 0 Å². The molecule has 0 aliphatic carbocycles. The molecule has 1 rings (SSSR count). The van der Waals surface area contributed by atoms with E-state index < -0.39 is 0 Å². The average Bonchev–Trinajstić information content (AvgIpc) is 1.98. The lowest BCUT2D eigenvalue weighted by Gasteiger charge is -1.96. The van der Waals surface area contributed by atoms with E-state index in [9.17, 15) is 0 Å². The topological polar surface area (TPSA) is 25.2 Å². The molecule has 0 fully saturated rings. The molecule has 1 heterocycles. The van der Waals surface area contributed by atoms with Crippen LogP contribution in [0.4, 0.5) is 0 Å². The summed E-state index contributed by atoms with van der Waals surface area (Å²) in [5.74, 6) is 0. The highest BCUT2D eigenvalue weighted by Crippen LogP contribution is 2.15. The van der Waals surface area contributed by atoms with E-state index in [2.05, 4.69) is 41.8 Å². The summed E-state index contributed by atoms with van der Waals surface area (Å²) in [6.45, 7) is 0. The van der Waals surface area contributed by atoms with E-state index in [0.717, 1.165) is 14.8 Å². The van der Waals surface area contributed by atoms with Crippen molar-refractivity contribution in [3.8, 4) is 0 Å². The van der Waals surface area contributed by atoms with Crippen LogP contribution in [0.2, 0.25) is 0 Å². The Morgan fingerprint density at radius 3 is 2.82 bits per heavy atom. The first kappa shape index (κ1) is 8.87. The van der Waals surface area contributed by atoms with Crippen LogP contribution in [-0.2, 0) is 0 Å². The number of aliphatic imine (C=N–C) groups is 1. The van der Waals surface area contributed by atoms with Gasteiger partial charge in [0.2, 0.25) is 0 Å². The molecule has 1 aromatic heterocycles. The second-order valence-corrected chi connectivity index (χ2v) is 3.56. The summed E-state index contributed by atoms with van der Waals surface area (Å²) in [6, 6.07) is 3.80. The van der Waals surface area contributed by atoms with Crippen LogP contribution >= 0.6 is 31.9 Å². The molecule has 0 amide bonds. The summed E-state index contributed by atoms with van der Waals surface area (Å²) in [7, 11) is 1.72. The molecule has 0 saturated carbocycles. The monoisotopic (exact) mass is 276 g/mol. The predicted molar refractivity (Wildman–Crippen MR) is 53.2 cm³/mol. The summed E-state index contributed by atoms with van der Waals surface area (Å²) in [5.41, 5.74) is 0.835. The van der Waals surface area contributed by atoms with Gasteiger partial charge in [-0.15, -0.1) is 0 Å². The van der Waals surface area contributed by atoms with Crippen LogP contribution in [0.15, 0.2) is 26.2 Å². The maximum Gasteiger partial charge on any atom is 0.106 e. The first-order valence-electron chi connectivity index (χ1n) is 2.98. The number of rotatable bonds is 1. The van der Waals surface area contributed by atoms with E-state index in [-0.39, 0.29) is 0 Å². The van der Waals surface area contributed by atoms with Gasteiger partial charge in [-0.25, -0.2) is 4.98 Å². The molecule has 11 heavy (non-hydrogen) atoms. The van der Waals surface area contributed by atoms with Crippen molar-refractivity contribution in [3.63, 3.8) is 0 Å². The van der Waals surface area contributed by atoms with Gasteiger partial charge >= 0.3 is 0 Å². The molecule has 0 aliphatic heterocycles. The highest BCUT2D eigenvalue weighted by molar-refractivity contribution is 9.11. The molecule has 0 bridgehead atoms. The van der Waals surface area contributed by atoms with E-state index in [1.54, 1.807) is 13.3 Å². The maximum atomic E-state index is 4.18. The van der Waals surface area contributed by atoms with Crippen molar-refractivity contribution in [1.29, 1.82) is 0 Å². The summed E-state index contributed by atoms with van der Waals surface area (Å²) in [6.07, 6.45) is 1.70. The predicted octanol–water partition coefficient (Wildman–Crippen LogP) is 2.66. The van der Waals surface area contributed by atoms with E-state index in [1.807, 2.05) is 12.1 Å². The molecule has 2 nitrogen and oxygen atoms in total. The highest BCUT2D eigenvalue weighted by Gasteiger charge is 1.97. The van der Waals surface area contributed by atoms with Crippen molar-refractivity contribution in [2.75, 3.05) is 7.05 Å². The number of hydrogen-bond donors (Lipinski definition) is 0. The van der Waals surface area contributed by atoms with Crippen molar-refractivity contribution in [1.82, 2.24) is 4.98 Å². The van der Waals surface area contributed by atoms with Crippen LogP contribution in [-0.4, -0.2) is 18.2 Å². The van der Waals surface area contributed by atoms with Crippen LogP contribution in [0, 0.1) is 0 Å². The van der Waals surface area contributed by atoms with Gasteiger partial charge in [0.25, 0.3) is 0 Å². The molecular weight excluding hydrogens is 272 g/mol. The van der Waals surface area contributed by atoms with Gasteiger partial charge in [0.05, 0.1) is 5.69 Å². The standard InChI is InChI=1S/C7H6Br2N2/c1-10-4-6-5(8)2-3-7(9)11-6/h2-4H,1H3. The molecule has 0 unspecified atom stereocenters. The van der Waals surface area contributed by atoms with Gasteiger partial charge in [-0.05, 0) is 44.0 Å². The molecule has 58 valence electrons. The lowest BCUT2D eigenvalue weighted by molar-refractivity contribution is 1.23. The van der Waals surface area contributed by atoms with Gasteiger partial charge in [-0.2, -0.15) is 0 Å². The minimum Gasteiger partial charge on any atom is -0.294 e. The number of halogens is 2. The van der Waals surface area contributed by atoms with Crippen LogP contribution in [0.1, 0.15) is 5.69 Å². The molecule has 0 aromatic carbocycles. The normalized spacial score (nSPS) is 10.8. The summed E-state index contributed by atoms with van der Waals surface area (Å²) < 4.78 is 1.77. The Morgan fingerprint density at radius 2 is 2.18 bits per heavy atom. The number of pyridine rings is 1. The van der Waals surface area contributed by atoms with Crippen molar-refractivity contribution in [3.05, 3.63) is 26.9 Å². The summed E-state index contributed by atoms with van der Waals surface area (Å²) in [5, 5.41) is 0. The molecule has 0 N–H and O–H groups in total. The van der Waals surface area contributed by atoms with Crippen LogP contribution in [0.25, 0.3) is 0 Å². The third-order valence-electron chi connectivity index (χ3n) is 1.09. The molecule has 0 spiro atoms. The Bertz CT molecular complexity index is 284. The van der Waals surface area contributed by atoms with Gasteiger partial charge in [0, 0.05) is 17.7 Å². The maximum absolute atomic E-state index is 4.18. The molecule has 0 aliphatic rings. The Morgan fingerprint density at radius 1 is 1.45 bits per heavy atom. The Hall–Kier alpha value is -0.220. The fourth-order valence-corrected chi connectivity index (χ4v) is 1.29. The van der Waals surface area contributed by atoms with E-state index in [4.69, 9.17) is 0 Å². The number of nitrogens with zero attached hydrogens (tertiary/aromatic N) is 2. The average molecular weight is 278 g/mol. The van der Waals surface area contributed by atoms with Crippen LogP contribution < -0.4 is 0 Å². The summed E-state index contributed by atoms with van der Waals surface area (Å²) >= 11 is 6.63. The number of hydrogen-bond acceptors (Lipinski definition) is 2. The van der Waals surface area contributed by atoms with Gasteiger partial charge < -0.3 is 0 Å². The Balaban J connectivity index is 3.12. The molecule has 0 atom stereocenters. The van der Waals surface area contributed by atoms with Crippen LogP contribution in [0.3, 0.4) is 0 Å². The zero-order chi connectivity index (χ0) is 8.27. The Labute approximate surface area is 82.0 Å². The lowest BCUT2D eigenvalue weighted by Crippen LogP contribution is -1.89. The minimum absolute atomic E-state index is 0.815. The molecule has 1 aromatic rings. The lowest BCUT2D eigenvalue weighted by atomic mass is 10.4. The fourth-order valence-electron chi connectivity index (χ4n) is 0.646. The highest BCUT2D eigenvalue weighted by atomic mass is 79.9. The van der Waals surface area contributed by atoms with E-state index >= 15 is 0 Å². The molecule has 0 radical (unpaired) electrons. The van der Waals surface area contributed by atoms with Crippen molar-refractivity contribution in [2.24, 2.45) is 4.99 Å². The fraction of sp³-hybridized carbons (Fsp3) is 0.143. The minimum atomic E-state index is 0.815. The van der Waals surface area contributed by atoms with Crippen molar-refractivity contribution < 1.29 is 0 Å². The smallest absolute Gasteiger partial charge is 0.106 e. The van der Waals surface area contributed by atoms with Gasteiger partial charge in [0.1, 0.15) is 4.60 Å². The zero-order valence-corrected chi connectivity index (χ0v) is 9.05. The molecular formula is C7H6Br2N2. The second kappa shape index (κ2) is 3.97. The molecule has 4 heteroatoms.